The number of hydrogen-bond donors (Lipinski definition) is 2. The maximum Gasteiger partial charge on any atom is 0.00578 e. The van der Waals surface area contributed by atoms with Crippen LogP contribution in [0.2, 0.25) is 0 Å². The molecule has 0 spiro atoms. The van der Waals surface area contributed by atoms with Crippen LogP contribution in [-0.4, -0.2) is 26.2 Å². The Bertz CT molecular complexity index is 222. The minimum Gasteiger partial charge on any atom is -0.317 e. The molecule has 1 aromatic rings. The molecule has 1 rings (SSSR count). The summed E-state index contributed by atoms with van der Waals surface area (Å²) in [5.74, 6) is 0. The molecule has 1 heterocycles. The molecule has 0 atom stereocenters. The van der Waals surface area contributed by atoms with Crippen LogP contribution in [0.5, 0.6) is 0 Å². The number of thiophene rings is 1. The summed E-state index contributed by atoms with van der Waals surface area (Å²) < 4.78 is 0. The SMILES string of the molecule is CCCNCCCNCCc1cccs1. The highest BCUT2D eigenvalue weighted by Gasteiger charge is 1.92. The quantitative estimate of drug-likeness (QED) is 0.631. The first-order valence-electron chi connectivity index (χ1n) is 5.87. The van der Waals surface area contributed by atoms with Crippen LogP contribution < -0.4 is 10.6 Å². The predicted molar refractivity (Wildman–Crippen MR) is 68.7 cm³/mol. The lowest BCUT2D eigenvalue weighted by atomic mass is 10.3. The second-order valence-electron chi connectivity index (χ2n) is 3.68. The number of rotatable bonds is 9. The first kappa shape index (κ1) is 12.7. The van der Waals surface area contributed by atoms with Crippen molar-refractivity contribution in [3.05, 3.63) is 22.4 Å². The Kier molecular flexibility index (Phi) is 7.52. The molecule has 86 valence electrons. The average Bonchev–Trinajstić information content (AvgIpc) is 2.75. The number of nitrogens with one attached hydrogen (secondary N) is 2. The lowest BCUT2D eigenvalue weighted by Crippen LogP contribution is -2.23. The summed E-state index contributed by atoms with van der Waals surface area (Å²) in [6.45, 7) is 6.72. The van der Waals surface area contributed by atoms with Crippen molar-refractivity contribution in [2.75, 3.05) is 26.2 Å². The zero-order chi connectivity index (χ0) is 10.8. The molecular weight excluding hydrogens is 204 g/mol. The topological polar surface area (TPSA) is 24.1 Å². The van der Waals surface area contributed by atoms with Crippen LogP contribution in [0.15, 0.2) is 17.5 Å². The molecule has 2 N–H and O–H groups in total. The highest BCUT2D eigenvalue weighted by molar-refractivity contribution is 7.09. The van der Waals surface area contributed by atoms with Crippen LogP contribution in [0.25, 0.3) is 0 Å². The van der Waals surface area contributed by atoms with E-state index in [0.29, 0.717) is 0 Å². The fraction of sp³-hybridized carbons (Fsp3) is 0.667. The average molecular weight is 226 g/mol. The molecule has 0 aliphatic carbocycles. The van der Waals surface area contributed by atoms with Crippen LogP contribution in [0.3, 0.4) is 0 Å². The van der Waals surface area contributed by atoms with E-state index in [1.165, 1.54) is 24.1 Å². The van der Waals surface area contributed by atoms with Gasteiger partial charge in [0.25, 0.3) is 0 Å². The monoisotopic (exact) mass is 226 g/mol. The van der Waals surface area contributed by atoms with E-state index in [9.17, 15) is 0 Å². The molecule has 0 saturated heterocycles. The Morgan fingerprint density at radius 3 is 2.60 bits per heavy atom. The second kappa shape index (κ2) is 8.89. The minimum atomic E-state index is 1.11. The van der Waals surface area contributed by atoms with Crippen LogP contribution in [0.1, 0.15) is 24.6 Å². The van der Waals surface area contributed by atoms with Crippen molar-refractivity contribution in [3.8, 4) is 0 Å². The largest absolute Gasteiger partial charge is 0.317 e. The number of hydrogen-bond acceptors (Lipinski definition) is 3. The van der Waals surface area contributed by atoms with Gasteiger partial charge in [0, 0.05) is 4.88 Å². The third-order valence-electron chi connectivity index (χ3n) is 2.26. The second-order valence-corrected chi connectivity index (χ2v) is 4.72. The van der Waals surface area contributed by atoms with E-state index < -0.39 is 0 Å². The van der Waals surface area contributed by atoms with Crippen molar-refractivity contribution >= 4 is 11.3 Å². The van der Waals surface area contributed by atoms with Crippen LogP contribution in [0, 0.1) is 0 Å². The van der Waals surface area contributed by atoms with Gasteiger partial charge in [-0.1, -0.05) is 13.0 Å². The van der Waals surface area contributed by atoms with Gasteiger partial charge < -0.3 is 10.6 Å². The molecule has 1 aromatic heterocycles. The highest BCUT2D eigenvalue weighted by Crippen LogP contribution is 2.07. The smallest absolute Gasteiger partial charge is 0.00578 e. The van der Waals surface area contributed by atoms with Gasteiger partial charge in [0.15, 0.2) is 0 Å². The van der Waals surface area contributed by atoms with Crippen LogP contribution in [0.4, 0.5) is 0 Å². The van der Waals surface area contributed by atoms with E-state index in [1.807, 2.05) is 11.3 Å². The Balaban J connectivity index is 1.81. The van der Waals surface area contributed by atoms with Gasteiger partial charge in [-0.05, 0) is 56.9 Å². The Labute approximate surface area is 97.1 Å². The highest BCUT2D eigenvalue weighted by atomic mass is 32.1. The maximum absolute atomic E-state index is 3.47. The Morgan fingerprint density at radius 2 is 1.93 bits per heavy atom. The van der Waals surface area contributed by atoms with Gasteiger partial charge in [0.2, 0.25) is 0 Å². The molecule has 15 heavy (non-hydrogen) atoms. The summed E-state index contributed by atoms with van der Waals surface area (Å²) in [6, 6.07) is 4.32. The fourth-order valence-electron chi connectivity index (χ4n) is 1.43. The normalized spacial score (nSPS) is 10.7. The van der Waals surface area contributed by atoms with Crippen molar-refractivity contribution in [2.24, 2.45) is 0 Å². The molecule has 0 bridgehead atoms. The first-order valence-corrected chi connectivity index (χ1v) is 6.75. The maximum atomic E-state index is 3.47. The van der Waals surface area contributed by atoms with Crippen molar-refractivity contribution < 1.29 is 0 Å². The van der Waals surface area contributed by atoms with Crippen LogP contribution in [-0.2, 0) is 6.42 Å². The van der Waals surface area contributed by atoms with Crippen molar-refractivity contribution in [2.45, 2.75) is 26.2 Å². The van der Waals surface area contributed by atoms with Gasteiger partial charge in [-0.3, -0.25) is 0 Å². The van der Waals surface area contributed by atoms with Crippen molar-refractivity contribution in [1.82, 2.24) is 10.6 Å². The summed E-state index contributed by atoms with van der Waals surface area (Å²) >= 11 is 1.85. The first-order chi connectivity index (χ1) is 7.43. The van der Waals surface area contributed by atoms with E-state index in [2.05, 4.69) is 35.1 Å². The van der Waals surface area contributed by atoms with Gasteiger partial charge in [0.1, 0.15) is 0 Å². The van der Waals surface area contributed by atoms with Gasteiger partial charge >= 0.3 is 0 Å². The molecule has 0 aliphatic rings. The van der Waals surface area contributed by atoms with E-state index in [0.717, 1.165) is 26.2 Å². The molecule has 0 fully saturated rings. The predicted octanol–water partition coefficient (Wildman–Crippen LogP) is 2.27. The van der Waals surface area contributed by atoms with Crippen molar-refractivity contribution in [3.63, 3.8) is 0 Å². The zero-order valence-corrected chi connectivity index (χ0v) is 10.4. The van der Waals surface area contributed by atoms with Gasteiger partial charge in [-0.25, -0.2) is 0 Å². The van der Waals surface area contributed by atoms with Gasteiger partial charge in [0.05, 0.1) is 0 Å². The zero-order valence-electron chi connectivity index (χ0n) is 9.59. The molecule has 0 aromatic carbocycles. The van der Waals surface area contributed by atoms with E-state index in [1.54, 1.807) is 0 Å². The molecule has 0 radical (unpaired) electrons. The summed E-state index contributed by atoms with van der Waals surface area (Å²) in [7, 11) is 0. The third-order valence-corrected chi connectivity index (χ3v) is 3.20. The van der Waals surface area contributed by atoms with Crippen molar-refractivity contribution in [1.29, 1.82) is 0 Å². The molecule has 0 unspecified atom stereocenters. The molecule has 2 nitrogen and oxygen atoms in total. The Hall–Kier alpha value is -0.380. The Morgan fingerprint density at radius 1 is 1.13 bits per heavy atom. The van der Waals surface area contributed by atoms with Gasteiger partial charge in [-0.15, -0.1) is 11.3 Å². The third kappa shape index (κ3) is 6.66. The fourth-order valence-corrected chi connectivity index (χ4v) is 2.14. The minimum absolute atomic E-state index is 1.11. The van der Waals surface area contributed by atoms with Gasteiger partial charge in [-0.2, -0.15) is 0 Å². The molecule has 3 heteroatoms. The van der Waals surface area contributed by atoms with Crippen LogP contribution >= 0.6 is 11.3 Å². The molecule has 0 saturated carbocycles. The van der Waals surface area contributed by atoms with E-state index >= 15 is 0 Å². The molecule has 0 aliphatic heterocycles. The van der Waals surface area contributed by atoms with E-state index in [4.69, 9.17) is 0 Å². The summed E-state index contributed by atoms with van der Waals surface area (Å²) in [5, 5.41) is 9.01. The molecule has 0 amide bonds. The summed E-state index contributed by atoms with van der Waals surface area (Å²) in [4.78, 5) is 1.48. The summed E-state index contributed by atoms with van der Waals surface area (Å²) in [6.07, 6.45) is 3.62. The molecular formula is C12H22N2S. The summed E-state index contributed by atoms with van der Waals surface area (Å²) in [5.41, 5.74) is 0. The lowest BCUT2D eigenvalue weighted by molar-refractivity contribution is 0.594. The lowest BCUT2D eigenvalue weighted by Gasteiger charge is -2.04. The standard InChI is InChI=1S/C12H22N2S/c1-2-7-13-8-4-9-14-10-6-12-5-3-11-15-12/h3,5,11,13-14H,2,4,6-10H2,1H3. The van der Waals surface area contributed by atoms with E-state index in [-0.39, 0.29) is 0 Å².